The lowest BCUT2D eigenvalue weighted by molar-refractivity contribution is -0.193. The van der Waals surface area contributed by atoms with Gasteiger partial charge in [0, 0.05) is 56.9 Å². The fraction of sp³-hybridized carbons (Fsp3) is 0.500. The molecule has 2 aromatic rings. The summed E-state index contributed by atoms with van der Waals surface area (Å²) in [6.45, 7) is 6.63. The van der Waals surface area contributed by atoms with Gasteiger partial charge >= 0.3 is 24.3 Å². The topological polar surface area (TPSA) is 98.9 Å². The molecular formula is C22H25F7N4O4. The van der Waals surface area contributed by atoms with Crippen molar-refractivity contribution in [2.24, 2.45) is 12.5 Å². The van der Waals surface area contributed by atoms with Gasteiger partial charge < -0.3 is 10.2 Å². The smallest absolute Gasteiger partial charge is 0.475 e. The lowest BCUT2D eigenvalue weighted by Crippen LogP contribution is -2.56. The largest absolute Gasteiger partial charge is 0.490 e. The normalized spacial score (nSPS) is 17.3. The maximum absolute atomic E-state index is 13.0. The number of aryl methyl sites for hydroxylation is 1. The van der Waals surface area contributed by atoms with Crippen LogP contribution in [0.5, 0.6) is 0 Å². The average Bonchev–Trinajstić information content (AvgIpc) is 3.35. The number of carbonyl (C=O) groups is 2. The van der Waals surface area contributed by atoms with Crippen molar-refractivity contribution >= 4 is 11.9 Å². The van der Waals surface area contributed by atoms with Gasteiger partial charge in [-0.15, -0.1) is 0 Å². The molecule has 206 valence electrons. The van der Waals surface area contributed by atoms with E-state index in [0.717, 1.165) is 26.2 Å². The Hall–Kier alpha value is -3.20. The zero-order chi connectivity index (χ0) is 28.0. The summed E-state index contributed by atoms with van der Waals surface area (Å²) in [6.07, 6.45) is -4.81. The van der Waals surface area contributed by atoms with E-state index in [1.54, 1.807) is 12.1 Å². The molecule has 1 spiro atoms. The molecule has 2 aliphatic rings. The third kappa shape index (κ3) is 9.64. The lowest BCUT2D eigenvalue weighted by atomic mass is 9.79. The molecular weight excluding hydrogens is 517 g/mol. The molecule has 0 radical (unpaired) electrons. The second-order valence-electron chi connectivity index (χ2n) is 8.86. The highest BCUT2D eigenvalue weighted by Crippen LogP contribution is 2.40. The standard InChI is InChI=1S/C18H23FN4.2C2HF3O2/c1-21-9-16(8-20-21)11-22-7-6-18(12-22)13-23(14-18)10-15-2-4-17(19)5-3-15;2*3-2(4,5)1(6)7/h2-5,8-9H,6-7,10-14H2,1H3;2*(H,6,7). The van der Waals surface area contributed by atoms with Crippen LogP contribution < -0.4 is 0 Å². The first-order valence-corrected chi connectivity index (χ1v) is 10.8. The van der Waals surface area contributed by atoms with Crippen molar-refractivity contribution < 1.29 is 50.5 Å². The van der Waals surface area contributed by atoms with Crippen molar-refractivity contribution in [1.29, 1.82) is 0 Å². The summed E-state index contributed by atoms with van der Waals surface area (Å²) in [7, 11) is 1.97. The van der Waals surface area contributed by atoms with E-state index in [1.807, 2.05) is 30.1 Å². The summed E-state index contributed by atoms with van der Waals surface area (Å²) >= 11 is 0. The van der Waals surface area contributed by atoms with E-state index < -0.39 is 24.3 Å². The SMILES string of the molecule is Cn1cc(CN2CCC3(C2)CN(Cc2ccc(F)cc2)C3)cn1.O=C(O)C(F)(F)F.O=C(O)C(F)(F)F. The van der Waals surface area contributed by atoms with Crippen LogP contribution in [0.25, 0.3) is 0 Å². The summed E-state index contributed by atoms with van der Waals surface area (Å²) in [6, 6.07) is 6.89. The molecule has 2 N–H and O–H groups in total. The van der Waals surface area contributed by atoms with Gasteiger partial charge in [-0.05, 0) is 30.7 Å². The minimum absolute atomic E-state index is 0.157. The highest BCUT2D eigenvalue weighted by atomic mass is 19.4. The van der Waals surface area contributed by atoms with E-state index in [1.165, 1.54) is 30.6 Å². The molecule has 0 bridgehead atoms. The number of carboxylic acids is 2. The Bertz CT molecular complexity index is 1020. The summed E-state index contributed by atoms with van der Waals surface area (Å²) < 4.78 is 78.3. The third-order valence-corrected chi connectivity index (χ3v) is 5.60. The van der Waals surface area contributed by atoms with Crippen molar-refractivity contribution in [2.45, 2.75) is 31.9 Å². The van der Waals surface area contributed by atoms with E-state index in [0.29, 0.717) is 5.41 Å². The Morgan fingerprint density at radius 1 is 0.892 bits per heavy atom. The fourth-order valence-electron chi connectivity index (χ4n) is 4.09. The molecule has 8 nitrogen and oxygen atoms in total. The van der Waals surface area contributed by atoms with Crippen LogP contribution >= 0.6 is 0 Å². The van der Waals surface area contributed by atoms with Gasteiger partial charge in [0.05, 0.1) is 6.20 Å². The first kappa shape index (κ1) is 30.0. The number of aromatic nitrogens is 2. The van der Waals surface area contributed by atoms with Crippen molar-refractivity contribution in [1.82, 2.24) is 19.6 Å². The van der Waals surface area contributed by atoms with Crippen LogP contribution in [0.1, 0.15) is 17.5 Å². The maximum Gasteiger partial charge on any atom is 0.490 e. The number of halogens is 7. The van der Waals surface area contributed by atoms with E-state index in [-0.39, 0.29) is 5.82 Å². The quantitative estimate of drug-likeness (QED) is 0.571. The maximum atomic E-state index is 13.0. The number of nitrogens with zero attached hydrogens (tertiary/aromatic N) is 4. The predicted octanol–water partition coefficient (Wildman–Crippen LogP) is 3.53. The van der Waals surface area contributed by atoms with Crippen molar-refractivity contribution in [3.8, 4) is 0 Å². The average molecular weight is 542 g/mol. The van der Waals surface area contributed by atoms with Crippen LogP contribution in [0.15, 0.2) is 36.7 Å². The number of alkyl halides is 6. The molecule has 0 unspecified atom stereocenters. The molecule has 0 saturated carbocycles. The van der Waals surface area contributed by atoms with Gasteiger partial charge in [-0.1, -0.05) is 12.1 Å². The van der Waals surface area contributed by atoms with E-state index >= 15 is 0 Å². The number of likely N-dealkylation sites (tertiary alicyclic amines) is 2. The predicted molar refractivity (Wildman–Crippen MR) is 115 cm³/mol. The van der Waals surface area contributed by atoms with Crippen LogP contribution in [0.3, 0.4) is 0 Å². The molecule has 4 rings (SSSR count). The van der Waals surface area contributed by atoms with Gasteiger partial charge in [0.15, 0.2) is 0 Å². The van der Waals surface area contributed by atoms with Gasteiger partial charge in [-0.25, -0.2) is 14.0 Å². The molecule has 1 aromatic heterocycles. The molecule has 0 atom stereocenters. The molecule has 2 saturated heterocycles. The summed E-state index contributed by atoms with van der Waals surface area (Å²) in [5.41, 5.74) is 2.97. The van der Waals surface area contributed by atoms with Crippen molar-refractivity contribution in [3.05, 3.63) is 53.6 Å². The molecule has 0 aliphatic carbocycles. The van der Waals surface area contributed by atoms with E-state index in [4.69, 9.17) is 19.8 Å². The first-order chi connectivity index (χ1) is 17.0. The van der Waals surface area contributed by atoms with Crippen LogP contribution in [-0.2, 0) is 29.7 Å². The summed E-state index contributed by atoms with van der Waals surface area (Å²) in [4.78, 5) is 22.8. The van der Waals surface area contributed by atoms with Crippen LogP contribution in [-0.4, -0.2) is 80.3 Å². The second-order valence-corrected chi connectivity index (χ2v) is 8.86. The van der Waals surface area contributed by atoms with E-state index in [9.17, 15) is 30.7 Å². The highest BCUT2D eigenvalue weighted by Gasteiger charge is 2.47. The molecule has 15 heteroatoms. The number of rotatable bonds is 4. The van der Waals surface area contributed by atoms with Crippen LogP contribution in [0.2, 0.25) is 0 Å². The van der Waals surface area contributed by atoms with Crippen LogP contribution in [0, 0.1) is 11.2 Å². The Kier molecular flexibility index (Phi) is 9.66. The zero-order valence-electron chi connectivity index (χ0n) is 19.6. The summed E-state index contributed by atoms with van der Waals surface area (Å²) in [5.74, 6) is -5.67. The monoisotopic (exact) mass is 542 g/mol. The van der Waals surface area contributed by atoms with Gasteiger partial charge in [0.2, 0.25) is 0 Å². The lowest BCUT2D eigenvalue weighted by Gasteiger charge is -2.48. The minimum Gasteiger partial charge on any atom is -0.475 e. The Labute approximate surface area is 206 Å². The van der Waals surface area contributed by atoms with Gasteiger partial charge in [0.1, 0.15) is 5.82 Å². The molecule has 0 amide bonds. The highest BCUT2D eigenvalue weighted by molar-refractivity contribution is 5.73. The van der Waals surface area contributed by atoms with Crippen molar-refractivity contribution in [3.63, 3.8) is 0 Å². The molecule has 3 heterocycles. The van der Waals surface area contributed by atoms with Gasteiger partial charge in [-0.3, -0.25) is 14.5 Å². The minimum atomic E-state index is -5.08. The third-order valence-electron chi connectivity index (χ3n) is 5.60. The Balaban J connectivity index is 0.000000286. The zero-order valence-corrected chi connectivity index (χ0v) is 19.6. The Morgan fingerprint density at radius 3 is 1.78 bits per heavy atom. The van der Waals surface area contributed by atoms with Gasteiger partial charge in [-0.2, -0.15) is 31.4 Å². The summed E-state index contributed by atoms with van der Waals surface area (Å²) in [5, 5.41) is 18.5. The number of hydrogen-bond acceptors (Lipinski definition) is 5. The van der Waals surface area contributed by atoms with Crippen LogP contribution in [0.4, 0.5) is 30.7 Å². The number of hydrogen-bond donors (Lipinski definition) is 2. The van der Waals surface area contributed by atoms with E-state index in [2.05, 4.69) is 21.1 Å². The second kappa shape index (κ2) is 11.9. The molecule has 2 fully saturated rings. The number of benzene rings is 1. The first-order valence-electron chi connectivity index (χ1n) is 10.8. The number of carboxylic acid groups (broad SMARTS) is 2. The molecule has 37 heavy (non-hydrogen) atoms. The van der Waals surface area contributed by atoms with Crippen molar-refractivity contribution in [2.75, 3.05) is 26.2 Å². The number of aliphatic carboxylic acids is 2. The molecule has 1 aromatic carbocycles. The molecule has 2 aliphatic heterocycles. The Morgan fingerprint density at radius 2 is 1.35 bits per heavy atom. The fourth-order valence-corrected chi connectivity index (χ4v) is 4.09. The van der Waals surface area contributed by atoms with Gasteiger partial charge in [0.25, 0.3) is 0 Å².